The second-order valence-corrected chi connectivity index (χ2v) is 5.02. The van der Waals surface area contributed by atoms with E-state index >= 15 is 0 Å². The monoisotopic (exact) mass is 201 g/mol. The average Bonchev–Trinajstić information content (AvgIpc) is 2.45. The fraction of sp³-hybridized carbons (Fsp3) is 0.900. The molecule has 14 heavy (non-hydrogen) atoms. The zero-order valence-corrected chi connectivity index (χ0v) is 9.03. The van der Waals surface area contributed by atoms with Gasteiger partial charge in [-0.3, -0.25) is 0 Å². The van der Waals surface area contributed by atoms with Crippen molar-refractivity contribution >= 4 is 6.09 Å². The largest absolute Gasteiger partial charge is 0.465 e. The number of aliphatic hydroxyl groups is 1. The van der Waals surface area contributed by atoms with Crippen LogP contribution in [-0.2, 0) is 0 Å². The Morgan fingerprint density at radius 2 is 2.07 bits per heavy atom. The maximum atomic E-state index is 11.0. The summed E-state index contributed by atoms with van der Waals surface area (Å²) < 4.78 is 0. The molecule has 0 radical (unpaired) electrons. The second-order valence-electron chi connectivity index (χ2n) is 5.02. The van der Waals surface area contributed by atoms with E-state index < -0.39 is 6.09 Å². The third-order valence-corrected chi connectivity index (χ3v) is 2.89. The Morgan fingerprint density at radius 3 is 2.43 bits per heavy atom. The molecule has 82 valence electrons. The molecule has 1 aliphatic rings. The normalized spacial score (nSPS) is 28.1. The molecule has 4 heteroatoms. The second kappa shape index (κ2) is 3.77. The Morgan fingerprint density at radius 1 is 1.50 bits per heavy atom. The van der Waals surface area contributed by atoms with Crippen LogP contribution < -0.4 is 0 Å². The van der Waals surface area contributed by atoms with Crippen molar-refractivity contribution in [1.82, 2.24) is 4.90 Å². The Balaban J connectivity index is 2.86. The molecule has 0 spiro atoms. The number of nitrogens with zero attached hydrogens (tertiary/aromatic N) is 1. The molecule has 0 saturated carbocycles. The molecule has 1 unspecified atom stereocenters. The maximum Gasteiger partial charge on any atom is 0.407 e. The van der Waals surface area contributed by atoms with Gasteiger partial charge in [-0.15, -0.1) is 0 Å². The highest BCUT2D eigenvalue weighted by molar-refractivity contribution is 5.66. The van der Waals surface area contributed by atoms with Crippen LogP contribution in [0, 0.1) is 11.3 Å². The van der Waals surface area contributed by atoms with E-state index in [2.05, 4.69) is 0 Å². The smallest absolute Gasteiger partial charge is 0.407 e. The molecule has 2 atom stereocenters. The molecule has 1 saturated heterocycles. The molecule has 1 aliphatic heterocycles. The quantitative estimate of drug-likeness (QED) is 0.674. The highest BCUT2D eigenvalue weighted by Gasteiger charge is 2.43. The third-order valence-electron chi connectivity index (χ3n) is 2.89. The minimum Gasteiger partial charge on any atom is -0.465 e. The summed E-state index contributed by atoms with van der Waals surface area (Å²) in [4.78, 5) is 12.4. The van der Waals surface area contributed by atoms with Crippen LogP contribution in [0.1, 0.15) is 27.2 Å². The van der Waals surface area contributed by atoms with Gasteiger partial charge >= 0.3 is 6.09 Å². The number of likely N-dealkylation sites (tertiary alicyclic amines) is 1. The van der Waals surface area contributed by atoms with Crippen molar-refractivity contribution in [3.8, 4) is 0 Å². The van der Waals surface area contributed by atoms with E-state index in [9.17, 15) is 9.90 Å². The zero-order chi connectivity index (χ0) is 10.9. The number of carboxylic acid groups (broad SMARTS) is 1. The van der Waals surface area contributed by atoms with Crippen LogP contribution in [0.25, 0.3) is 0 Å². The summed E-state index contributed by atoms with van der Waals surface area (Å²) in [5.41, 5.74) is -0.109. The molecule has 0 aromatic heterocycles. The van der Waals surface area contributed by atoms with E-state index in [4.69, 9.17) is 5.11 Å². The first-order chi connectivity index (χ1) is 6.38. The van der Waals surface area contributed by atoms with E-state index in [1.54, 1.807) is 0 Å². The first-order valence-corrected chi connectivity index (χ1v) is 4.98. The van der Waals surface area contributed by atoms with Crippen LogP contribution in [-0.4, -0.2) is 40.4 Å². The summed E-state index contributed by atoms with van der Waals surface area (Å²) in [6.45, 7) is 6.67. The fourth-order valence-corrected chi connectivity index (χ4v) is 2.44. The Hall–Kier alpha value is -0.770. The molecule has 0 bridgehead atoms. The van der Waals surface area contributed by atoms with Crippen molar-refractivity contribution in [2.75, 3.05) is 13.2 Å². The van der Waals surface area contributed by atoms with E-state index in [-0.39, 0.29) is 24.0 Å². The van der Waals surface area contributed by atoms with Gasteiger partial charge in [0.2, 0.25) is 0 Å². The lowest BCUT2D eigenvalue weighted by atomic mass is 9.80. The molecule has 2 N–H and O–H groups in total. The predicted octanol–water partition coefficient (Wildman–Crippen LogP) is 1.39. The maximum absolute atomic E-state index is 11.0. The van der Waals surface area contributed by atoms with Gasteiger partial charge in [0.15, 0.2) is 0 Å². The van der Waals surface area contributed by atoms with Crippen LogP contribution in [0.4, 0.5) is 4.79 Å². The summed E-state index contributed by atoms with van der Waals surface area (Å²) in [5, 5.41) is 18.2. The van der Waals surface area contributed by atoms with Crippen molar-refractivity contribution in [1.29, 1.82) is 0 Å². The number of hydrogen-bond acceptors (Lipinski definition) is 2. The van der Waals surface area contributed by atoms with Crippen molar-refractivity contribution in [2.45, 2.75) is 33.2 Å². The summed E-state index contributed by atoms with van der Waals surface area (Å²) >= 11 is 0. The van der Waals surface area contributed by atoms with E-state index in [1.165, 1.54) is 4.90 Å². The highest BCUT2D eigenvalue weighted by atomic mass is 16.4. The fourth-order valence-electron chi connectivity index (χ4n) is 2.44. The molecular formula is C10H19NO3. The van der Waals surface area contributed by atoms with Gasteiger partial charge in [-0.2, -0.15) is 0 Å². The number of hydrogen-bond donors (Lipinski definition) is 2. The van der Waals surface area contributed by atoms with Crippen molar-refractivity contribution in [3.63, 3.8) is 0 Å². The zero-order valence-electron chi connectivity index (χ0n) is 9.03. The Bertz CT molecular complexity index is 222. The Kier molecular flexibility index (Phi) is 3.04. The summed E-state index contributed by atoms with van der Waals surface area (Å²) in [6.07, 6.45) is -0.106. The molecule has 0 aromatic carbocycles. The van der Waals surface area contributed by atoms with Gasteiger partial charge in [-0.1, -0.05) is 20.8 Å². The average molecular weight is 201 g/mol. The van der Waals surface area contributed by atoms with Gasteiger partial charge in [-0.25, -0.2) is 4.79 Å². The van der Waals surface area contributed by atoms with Gasteiger partial charge in [0, 0.05) is 25.1 Å². The van der Waals surface area contributed by atoms with E-state index in [0.717, 1.165) is 6.42 Å². The minimum atomic E-state index is -0.874. The first-order valence-electron chi connectivity index (χ1n) is 4.98. The lowest BCUT2D eigenvalue weighted by molar-refractivity contribution is 0.0750. The summed E-state index contributed by atoms with van der Waals surface area (Å²) in [5.74, 6) is 0.0890. The molecule has 0 aromatic rings. The van der Waals surface area contributed by atoms with Gasteiger partial charge in [-0.05, 0) is 11.8 Å². The molecule has 0 aliphatic carbocycles. The number of rotatable bonds is 1. The topological polar surface area (TPSA) is 60.8 Å². The molecule has 1 rings (SSSR count). The molecule has 1 heterocycles. The van der Waals surface area contributed by atoms with Crippen LogP contribution in [0.3, 0.4) is 0 Å². The van der Waals surface area contributed by atoms with Gasteiger partial charge in [0.1, 0.15) is 0 Å². The number of aliphatic hydroxyl groups excluding tert-OH is 1. The Labute approximate surface area is 84.5 Å². The van der Waals surface area contributed by atoms with Crippen molar-refractivity contribution in [2.24, 2.45) is 11.3 Å². The lowest BCUT2D eigenvalue weighted by Gasteiger charge is -2.36. The summed E-state index contributed by atoms with van der Waals surface area (Å²) in [6, 6.07) is -0.0648. The van der Waals surface area contributed by atoms with E-state index in [1.807, 2.05) is 20.8 Å². The first kappa shape index (κ1) is 11.3. The third kappa shape index (κ3) is 2.00. The van der Waals surface area contributed by atoms with Crippen LogP contribution in [0.2, 0.25) is 0 Å². The molecular weight excluding hydrogens is 182 g/mol. The van der Waals surface area contributed by atoms with Gasteiger partial charge < -0.3 is 15.1 Å². The summed E-state index contributed by atoms with van der Waals surface area (Å²) in [7, 11) is 0. The van der Waals surface area contributed by atoms with Crippen LogP contribution in [0.5, 0.6) is 0 Å². The van der Waals surface area contributed by atoms with Gasteiger partial charge in [0.25, 0.3) is 0 Å². The van der Waals surface area contributed by atoms with Gasteiger partial charge in [0.05, 0.1) is 0 Å². The predicted molar refractivity (Wildman–Crippen MR) is 53.2 cm³/mol. The van der Waals surface area contributed by atoms with Crippen molar-refractivity contribution < 1.29 is 15.0 Å². The SMILES string of the molecule is CC(C)(C)[C@@H]1C(CO)CCN1C(=O)O. The molecule has 1 amide bonds. The van der Waals surface area contributed by atoms with Crippen molar-refractivity contribution in [3.05, 3.63) is 0 Å². The van der Waals surface area contributed by atoms with E-state index in [0.29, 0.717) is 6.54 Å². The van der Waals surface area contributed by atoms with Crippen LogP contribution >= 0.6 is 0 Å². The van der Waals surface area contributed by atoms with Crippen LogP contribution in [0.15, 0.2) is 0 Å². The minimum absolute atomic E-state index is 0.0648. The number of carbonyl (C=O) groups is 1. The number of amides is 1. The standard InChI is InChI=1S/C10H19NO3/c1-10(2,3)8-7(6-12)4-5-11(8)9(13)14/h7-8,12H,4-6H2,1-3H3,(H,13,14)/t7?,8-/m0/s1. The lowest BCUT2D eigenvalue weighted by Crippen LogP contribution is -2.46. The molecule has 1 fully saturated rings. The molecule has 4 nitrogen and oxygen atoms in total. The highest BCUT2D eigenvalue weighted by Crippen LogP contribution is 2.36.